The Bertz CT molecular complexity index is 336. The largest absolute Gasteiger partial charge is 0.468 e. The van der Waals surface area contributed by atoms with E-state index in [4.69, 9.17) is 9.47 Å². The molecule has 5 heteroatoms. The zero-order valence-corrected chi connectivity index (χ0v) is 13.1. The highest BCUT2D eigenvalue weighted by Crippen LogP contribution is 2.25. The standard InChI is InChI=1S/C15H28N2O3/c1-11-9-17(10-12(2)20-11)8-7-15(3,14(18)19-4)16-13-5-6-13/h11-13,16H,5-10H2,1-4H3/t11-,12+,15?. The minimum Gasteiger partial charge on any atom is -0.468 e. The first-order chi connectivity index (χ1) is 9.43. The molecule has 5 nitrogen and oxygen atoms in total. The zero-order chi connectivity index (χ0) is 14.8. The second-order valence-electron chi connectivity index (χ2n) is 6.51. The van der Waals surface area contributed by atoms with E-state index in [2.05, 4.69) is 24.1 Å². The van der Waals surface area contributed by atoms with Crippen molar-refractivity contribution in [3.63, 3.8) is 0 Å². The summed E-state index contributed by atoms with van der Waals surface area (Å²) in [6, 6.07) is 0.488. The summed E-state index contributed by atoms with van der Waals surface area (Å²) < 4.78 is 10.7. The van der Waals surface area contributed by atoms with Gasteiger partial charge in [0, 0.05) is 25.7 Å². The van der Waals surface area contributed by atoms with Crippen LogP contribution in [0.3, 0.4) is 0 Å². The molecule has 2 fully saturated rings. The highest BCUT2D eigenvalue weighted by molar-refractivity contribution is 5.80. The summed E-state index contributed by atoms with van der Waals surface area (Å²) in [5.41, 5.74) is -0.569. The lowest BCUT2D eigenvalue weighted by Crippen LogP contribution is -2.54. The molecule has 2 rings (SSSR count). The number of ether oxygens (including phenoxy) is 2. The molecule has 1 N–H and O–H groups in total. The first kappa shape index (κ1) is 15.7. The molecule has 0 bridgehead atoms. The fourth-order valence-electron chi connectivity index (χ4n) is 2.99. The third-order valence-electron chi connectivity index (χ3n) is 4.16. The van der Waals surface area contributed by atoms with Gasteiger partial charge >= 0.3 is 5.97 Å². The lowest BCUT2D eigenvalue weighted by Gasteiger charge is -2.37. The third kappa shape index (κ3) is 4.17. The van der Waals surface area contributed by atoms with Crippen molar-refractivity contribution in [2.45, 2.75) is 63.8 Å². The normalized spacial score (nSPS) is 30.8. The van der Waals surface area contributed by atoms with Gasteiger partial charge in [0.1, 0.15) is 5.54 Å². The second-order valence-corrected chi connectivity index (χ2v) is 6.51. The summed E-state index contributed by atoms with van der Waals surface area (Å²) in [7, 11) is 1.47. The minimum atomic E-state index is -0.569. The highest BCUT2D eigenvalue weighted by Gasteiger charge is 2.39. The number of carbonyl (C=O) groups excluding carboxylic acids is 1. The predicted octanol–water partition coefficient (Wildman–Crippen LogP) is 1.17. The van der Waals surface area contributed by atoms with Crippen molar-refractivity contribution >= 4 is 5.97 Å². The number of rotatable bonds is 6. The van der Waals surface area contributed by atoms with Crippen molar-refractivity contribution in [3.8, 4) is 0 Å². The van der Waals surface area contributed by atoms with Crippen LogP contribution in [-0.2, 0) is 14.3 Å². The van der Waals surface area contributed by atoms with Crippen LogP contribution in [0.4, 0.5) is 0 Å². The average molecular weight is 284 g/mol. The Labute approximate surface area is 122 Å². The van der Waals surface area contributed by atoms with E-state index in [1.165, 1.54) is 7.11 Å². The van der Waals surface area contributed by atoms with E-state index >= 15 is 0 Å². The van der Waals surface area contributed by atoms with Crippen molar-refractivity contribution < 1.29 is 14.3 Å². The lowest BCUT2D eigenvalue weighted by molar-refractivity contribution is -0.148. The molecule has 1 aliphatic carbocycles. The predicted molar refractivity (Wildman–Crippen MR) is 77.6 cm³/mol. The average Bonchev–Trinajstić information content (AvgIpc) is 3.18. The van der Waals surface area contributed by atoms with Gasteiger partial charge in [0.2, 0.25) is 0 Å². The van der Waals surface area contributed by atoms with Gasteiger partial charge < -0.3 is 9.47 Å². The molecule has 0 aromatic heterocycles. The molecule has 0 radical (unpaired) electrons. The van der Waals surface area contributed by atoms with Crippen LogP contribution < -0.4 is 5.32 Å². The van der Waals surface area contributed by atoms with Crippen LogP contribution >= 0.6 is 0 Å². The van der Waals surface area contributed by atoms with E-state index in [-0.39, 0.29) is 18.2 Å². The summed E-state index contributed by atoms with van der Waals surface area (Å²) >= 11 is 0. The lowest BCUT2D eigenvalue weighted by atomic mass is 9.97. The Balaban J connectivity index is 1.88. The summed E-state index contributed by atoms with van der Waals surface area (Å²) in [5, 5.41) is 3.45. The Kier molecular flexibility index (Phi) is 5.04. The molecule has 1 saturated heterocycles. The van der Waals surface area contributed by atoms with E-state index < -0.39 is 5.54 Å². The molecule has 0 spiro atoms. The number of morpholine rings is 1. The van der Waals surface area contributed by atoms with Crippen LogP contribution in [0.5, 0.6) is 0 Å². The minimum absolute atomic E-state index is 0.154. The second kappa shape index (κ2) is 6.41. The maximum Gasteiger partial charge on any atom is 0.325 e. The molecule has 0 aromatic rings. The summed E-state index contributed by atoms with van der Waals surface area (Å²) in [6.45, 7) is 8.93. The van der Waals surface area contributed by atoms with Crippen LogP contribution in [0.1, 0.15) is 40.0 Å². The fourth-order valence-corrected chi connectivity index (χ4v) is 2.99. The monoisotopic (exact) mass is 284 g/mol. The third-order valence-corrected chi connectivity index (χ3v) is 4.16. The molecule has 1 aliphatic heterocycles. The number of nitrogens with one attached hydrogen (secondary N) is 1. The van der Waals surface area contributed by atoms with Gasteiger partial charge in [-0.1, -0.05) is 0 Å². The topological polar surface area (TPSA) is 50.8 Å². The van der Waals surface area contributed by atoms with Crippen LogP contribution in [0.15, 0.2) is 0 Å². The van der Waals surface area contributed by atoms with Crippen LogP contribution in [0.25, 0.3) is 0 Å². The molecular weight excluding hydrogens is 256 g/mol. The smallest absolute Gasteiger partial charge is 0.325 e. The molecular formula is C15H28N2O3. The summed E-state index contributed by atoms with van der Waals surface area (Å²) in [5.74, 6) is -0.154. The van der Waals surface area contributed by atoms with E-state index in [0.29, 0.717) is 6.04 Å². The Hall–Kier alpha value is -0.650. The number of nitrogens with zero attached hydrogens (tertiary/aromatic N) is 1. The molecule has 116 valence electrons. The maximum atomic E-state index is 12.1. The van der Waals surface area contributed by atoms with Gasteiger partial charge in [0.05, 0.1) is 19.3 Å². The summed E-state index contributed by atoms with van der Waals surface area (Å²) in [4.78, 5) is 14.5. The number of methoxy groups -OCH3 is 1. The van der Waals surface area contributed by atoms with E-state index in [0.717, 1.165) is 38.9 Å². The van der Waals surface area contributed by atoms with Crippen molar-refractivity contribution in [1.82, 2.24) is 10.2 Å². The van der Waals surface area contributed by atoms with Crippen molar-refractivity contribution in [2.24, 2.45) is 0 Å². The van der Waals surface area contributed by atoms with E-state index in [1.54, 1.807) is 0 Å². The molecule has 3 atom stereocenters. The van der Waals surface area contributed by atoms with Gasteiger partial charge in [-0.3, -0.25) is 15.0 Å². The van der Waals surface area contributed by atoms with Crippen LogP contribution in [-0.4, -0.2) is 61.4 Å². The number of carbonyl (C=O) groups is 1. The number of hydrogen-bond acceptors (Lipinski definition) is 5. The molecule has 1 saturated carbocycles. The van der Waals surface area contributed by atoms with Gasteiger partial charge in [0.15, 0.2) is 0 Å². The van der Waals surface area contributed by atoms with Gasteiger partial charge in [-0.05, 0) is 40.0 Å². The maximum absolute atomic E-state index is 12.1. The van der Waals surface area contributed by atoms with E-state index in [1.807, 2.05) is 6.92 Å². The van der Waals surface area contributed by atoms with Crippen molar-refractivity contribution in [3.05, 3.63) is 0 Å². The van der Waals surface area contributed by atoms with E-state index in [9.17, 15) is 4.79 Å². The first-order valence-corrected chi connectivity index (χ1v) is 7.67. The Morgan fingerprint density at radius 1 is 1.35 bits per heavy atom. The highest BCUT2D eigenvalue weighted by atomic mass is 16.5. The Morgan fingerprint density at radius 3 is 2.45 bits per heavy atom. The van der Waals surface area contributed by atoms with Crippen LogP contribution in [0.2, 0.25) is 0 Å². The molecule has 2 aliphatic rings. The van der Waals surface area contributed by atoms with Gasteiger partial charge in [0.25, 0.3) is 0 Å². The molecule has 0 aromatic carbocycles. The quantitative estimate of drug-likeness (QED) is 0.742. The van der Waals surface area contributed by atoms with Gasteiger partial charge in [-0.2, -0.15) is 0 Å². The van der Waals surface area contributed by atoms with Gasteiger partial charge in [-0.15, -0.1) is 0 Å². The van der Waals surface area contributed by atoms with Crippen molar-refractivity contribution in [2.75, 3.05) is 26.7 Å². The molecule has 1 unspecified atom stereocenters. The number of hydrogen-bond donors (Lipinski definition) is 1. The van der Waals surface area contributed by atoms with Crippen molar-refractivity contribution in [1.29, 1.82) is 0 Å². The fraction of sp³-hybridized carbons (Fsp3) is 0.933. The molecule has 1 heterocycles. The molecule has 20 heavy (non-hydrogen) atoms. The SMILES string of the molecule is COC(=O)C(C)(CCN1C[C@@H](C)O[C@@H](C)C1)NC1CC1. The number of esters is 1. The summed E-state index contributed by atoms with van der Waals surface area (Å²) in [6.07, 6.45) is 3.63. The van der Waals surface area contributed by atoms with Gasteiger partial charge in [-0.25, -0.2) is 0 Å². The molecule has 0 amide bonds. The first-order valence-electron chi connectivity index (χ1n) is 7.67. The zero-order valence-electron chi connectivity index (χ0n) is 13.1. The Morgan fingerprint density at radius 2 is 1.95 bits per heavy atom. The van der Waals surface area contributed by atoms with Crippen LogP contribution in [0, 0.1) is 0 Å².